The molecule has 2 N–H and O–H groups in total. The van der Waals surface area contributed by atoms with E-state index in [1.807, 2.05) is 0 Å². The van der Waals surface area contributed by atoms with Crippen LogP contribution in [0.1, 0.15) is 27.7 Å². The molecule has 0 rings (SSSR count). The Morgan fingerprint density at radius 3 is 1.11 bits per heavy atom. The third kappa shape index (κ3) is 12.7. The molecular formula is C12H25KNO4+. The normalized spacial score (nSPS) is 10.2. The second kappa shape index (κ2) is 13.7. The average molecular weight is 286 g/mol. The van der Waals surface area contributed by atoms with Crippen molar-refractivity contribution in [2.75, 3.05) is 26.2 Å². The molecule has 0 spiro atoms. The van der Waals surface area contributed by atoms with E-state index < -0.39 is 11.9 Å². The Hall–Kier alpha value is 0.276. The van der Waals surface area contributed by atoms with Crippen molar-refractivity contribution < 1.29 is 24.3 Å². The van der Waals surface area contributed by atoms with Crippen LogP contribution in [0, 0.1) is 0 Å². The zero-order chi connectivity index (χ0) is 13.9. The number of nitrogens with zero attached hydrogens (tertiary/aromatic N) is 1. The minimum absolute atomic E-state index is 0. The first-order valence-electron chi connectivity index (χ1n) is 5.86. The van der Waals surface area contributed by atoms with Gasteiger partial charge in [0.05, 0.1) is 26.2 Å². The van der Waals surface area contributed by atoms with Crippen molar-refractivity contribution in [1.29, 1.82) is 0 Å². The van der Waals surface area contributed by atoms with Crippen LogP contribution in [0.25, 0.3) is 0 Å². The summed E-state index contributed by atoms with van der Waals surface area (Å²) in [5.74, 6) is -2.51. The summed E-state index contributed by atoms with van der Waals surface area (Å²) in [6.07, 6.45) is 1.12. The van der Waals surface area contributed by atoms with Crippen molar-refractivity contribution in [3.05, 3.63) is 12.2 Å². The summed E-state index contributed by atoms with van der Waals surface area (Å²) in [4.78, 5) is 19.1. The predicted molar refractivity (Wildman–Crippen MR) is 74.0 cm³/mol. The summed E-state index contributed by atoms with van der Waals surface area (Å²) in [7, 11) is 0. The summed E-state index contributed by atoms with van der Waals surface area (Å²) in [5, 5.41) is 15.6. The first kappa shape index (κ1) is 23.4. The van der Waals surface area contributed by atoms with E-state index in [1.54, 1.807) is 0 Å². The van der Waals surface area contributed by atoms with Crippen molar-refractivity contribution in [1.82, 2.24) is 0 Å². The Morgan fingerprint density at radius 1 is 0.833 bits per heavy atom. The second-order valence-corrected chi connectivity index (χ2v) is 3.62. The first-order chi connectivity index (χ1) is 7.87. The molecule has 0 saturated heterocycles. The van der Waals surface area contributed by atoms with Gasteiger partial charge in [-0.1, -0.05) is 0 Å². The van der Waals surface area contributed by atoms with Crippen LogP contribution in [0.3, 0.4) is 0 Å². The van der Waals surface area contributed by atoms with Crippen LogP contribution in [0.15, 0.2) is 12.2 Å². The number of aliphatic carboxylic acids is 2. The molecule has 0 aliphatic carbocycles. The van der Waals surface area contributed by atoms with E-state index in [1.165, 1.54) is 30.7 Å². The maximum absolute atomic E-state index is 9.55. The molecule has 0 bridgehead atoms. The van der Waals surface area contributed by atoms with Crippen LogP contribution in [-0.2, 0) is 9.59 Å². The molecule has 0 aliphatic heterocycles. The molecule has 0 saturated carbocycles. The van der Waals surface area contributed by atoms with Gasteiger partial charge in [0.1, 0.15) is 0 Å². The Morgan fingerprint density at radius 2 is 1.06 bits per heavy atom. The molecule has 6 heteroatoms. The van der Waals surface area contributed by atoms with Gasteiger partial charge in [0.25, 0.3) is 0 Å². The van der Waals surface area contributed by atoms with Crippen LogP contribution >= 0.6 is 0 Å². The van der Waals surface area contributed by atoms with E-state index in [0.717, 1.165) is 0 Å². The van der Waals surface area contributed by atoms with Gasteiger partial charge >= 0.3 is 63.3 Å². The van der Waals surface area contributed by atoms with E-state index in [4.69, 9.17) is 10.2 Å². The zero-order valence-corrected chi connectivity index (χ0v) is 11.1. The molecule has 102 valence electrons. The topological polar surface area (TPSA) is 74.6 Å². The summed E-state index contributed by atoms with van der Waals surface area (Å²) in [5.41, 5.74) is 0. The van der Waals surface area contributed by atoms with Crippen LogP contribution in [-0.4, -0.2) is 104 Å². The molecule has 0 heterocycles. The van der Waals surface area contributed by atoms with E-state index in [9.17, 15) is 9.59 Å². The van der Waals surface area contributed by atoms with Crippen molar-refractivity contribution in [3.63, 3.8) is 0 Å². The van der Waals surface area contributed by atoms with Gasteiger partial charge in [0.2, 0.25) is 0 Å². The predicted octanol–water partition coefficient (Wildman–Crippen LogP) is 0.946. The molecule has 5 nitrogen and oxygen atoms in total. The quantitative estimate of drug-likeness (QED) is 0.433. The van der Waals surface area contributed by atoms with E-state index >= 15 is 0 Å². The number of carboxylic acid groups (broad SMARTS) is 2. The zero-order valence-electron chi connectivity index (χ0n) is 11.1. The number of quaternary nitrogens is 1. The Bertz CT molecular complexity index is 229. The maximum atomic E-state index is 9.55. The van der Waals surface area contributed by atoms with E-state index in [-0.39, 0.29) is 51.4 Å². The Kier molecular flexibility index (Phi) is 17.8. The number of carbonyl (C=O) groups is 2. The van der Waals surface area contributed by atoms with Gasteiger partial charge in [-0.05, 0) is 27.7 Å². The number of carboxylic acids is 2. The fourth-order valence-corrected chi connectivity index (χ4v) is 1.48. The minimum atomic E-state index is -1.26. The van der Waals surface area contributed by atoms with Gasteiger partial charge in [-0.2, -0.15) is 0 Å². The van der Waals surface area contributed by atoms with Gasteiger partial charge in [0, 0.05) is 12.2 Å². The molecular weight excluding hydrogens is 261 g/mol. The first-order valence-corrected chi connectivity index (χ1v) is 5.86. The summed E-state index contributed by atoms with van der Waals surface area (Å²) in [6.45, 7) is 14.2. The van der Waals surface area contributed by atoms with E-state index in [2.05, 4.69) is 27.7 Å². The van der Waals surface area contributed by atoms with E-state index in [0.29, 0.717) is 12.2 Å². The molecule has 0 aromatic carbocycles. The molecule has 0 amide bonds. The summed E-state index contributed by atoms with van der Waals surface area (Å²) < 4.78 is 1.28. The molecule has 0 fully saturated rings. The second-order valence-electron chi connectivity index (χ2n) is 3.62. The number of hydrogen-bond acceptors (Lipinski definition) is 2. The summed E-state index contributed by atoms with van der Waals surface area (Å²) >= 11 is 0. The van der Waals surface area contributed by atoms with Gasteiger partial charge < -0.3 is 14.7 Å². The Balaban J connectivity index is -0.000000238. The third-order valence-corrected chi connectivity index (χ3v) is 3.05. The van der Waals surface area contributed by atoms with Crippen molar-refractivity contribution >= 4 is 63.3 Å². The van der Waals surface area contributed by atoms with Crippen LogP contribution < -0.4 is 0 Å². The van der Waals surface area contributed by atoms with Crippen LogP contribution in [0.5, 0.6) is 0 Å². The van der Waals surface area contributed by atoms with Gasteiger partial charge in [0.15, 0.2) is 0 Å². The van der Waals surface area contributed by atoms with Crippen molar-refractivity contribution in [3.8, 4) is 0 Å². The molecule has 0 aromatic rings. The third-order valence-electron chi connectivity index (χ3n) is 3.05. The molecule has 0 aliphatic rings. The number of rotatable bonds is 6. The fourth-order valence-electron chi connectivity index (χ4n) is 1.48. The molecule has 18 heavy (non-hydrogen) atoms. The molecule has 0 radical (unpaired) electrons. The average Bonchev–Trinajstić information content (AvgIpc) is 2.31. The van der Waals surface area contributed by atoms with Crippen molar-refractivity contribution in [2.24, 2.45) is 0 Å². The van der Waals surface area contributed by atoms with Crippen molar-refractivity contribution in [2.45, 2.75) is 27.7 Å². The SMILES string of the molecule is CC[N+](CC)(CC)CC.O=C(O)/C=C/C(=O)O.[KH]. The standard InChI is InChI=1S/C8H20N.C4H4O4.K.H/c1-5-9(6-2,7-3)8-4;5-3(6)1-2-4(7)8;;/h5-8H2,1-4H3;1-2H,(H,5,6)(H,7,8);;/q+1;;;/b;2-1+;;. The van der Waals surface area contributed by atoms with Crippen LogP contribution in [0.4, 0.5) is 0 Å². The molecule has 0 unspecified atom stereocenters. The van der Waals surface area contributed by atoms with Gasteiger partial charge in [-0.25, -0.2) is 9.59 Å². The molecule has 0 atom stereocenters. The summed E-state index contributed by atoms with van der Waals surface area (Å²) in [6, 6.07) is 0. The fraction of sp³-hybridized carbons (Fsp3) is 0.667. The Labute approximate surface area is 152 Å². The monoisotopic (exact) mass is 286 g/mol. The molecule has 0 aromatic heterocycles. The number of hydrogen-bond donors (Lipinski definition) is 2. The van der Waals surface area contributed by atoms with Gasteiger partial charge in [-0.15, -0.1) is 0 Å². The van der Waals surface area contributed by atoms with Crippen LogP contribution in [0.2, 0.25) is 0 Å². The van der Waals surface area contributed by atoms with Gasteiger partial charge in [-0.3, -0.25) is 0 Å².